The minimum Gasteiger partial charge on any atom is -0.507 e. The van der Waals surface area contributed by atoms with Gasteiger partial charge in [0, 0.05) is 12.0 Å². The van der Waals surface area contributed by atoms with Gasteiger partial charge in [0.05, 0.1) is 6.21 Å². The second-order valence-electron chi connectivity index (χ2n) is 4.97. The van der Waals surface area contributed by atoms with Crippen molar-refractivity contribution in [3.05, 3.63) is 42.0 Å². The predicted molar refractivity (Wildman–Crippen MR) is 85.5 cm³/mol. The van der Waals surface area contributed by atoms with Crippen LogP contribution in [0.3, 0.4) is 0 Å². The normalized spacial score (nSPS) is 11.1. The number of hydrogen-bond donors (Lipinski definition) is 2. The lowest BCUT2D eigenvalue weighted by Gasteiger charge is -2.04. The molecule has 4 heteroatoms. The standard InChI is InChI=1S/C17H20N2O2/c1-2-3-4-9-17(21)19-18-12-15-14-8-6-5-7-13(14)10-11-16(15)20/h5-8,10-12,20H,2-4,9H2,1H3,(H,19,21). The third-order valence-corrected chi connectivity index (χ3v) is 3.34. The molecule has 0 aromatic heterocycles. The Balaban J connectivity index is 2.07. The molecule has 110 valence electrons. The molecule has 0 aliphatic carbocycles. The third kappa shape index (κ3) is 4.05. The fourth-order valence-corrected chi connectivity index (χ4v) is 2.18. The Hall–Kier alpha value is -2.36. The SMILES string of the molecule is CCCCCC(=O)NN=Cc1c(O)ccc2ccccc12. The molecule has 4 nitrogen and oxygen atoms in total. The average molecular weight is 284 g/mol. The number of carbonyl (C=O) groups is 1. The van der Waals surface area contributed by atoms with E-state index in [9.17, 15) is 9.90 Å². The number of nitrogens with zero attached hydrogens (tertiary/aromatic N) is 1. The summed E-state index contributed by atoms with van der Waals surface area (Å²) in [4.78, 5) is 11.6. The number of carbonyl (C=O) groups excluding carboxylic acids is 1. The zero-order valence-electron chi connectivity index (χ0n) is 12.2. The maximum atomic E-state index is 11.6. The molecule has 0 aliphatic heterocycles. The monoisotopic (exact) mass is 284 g/mol. The van der Waals surface area contributed by atoms with E-state index in [2.05, 4.69) is 17.5 Å². The quantitative estimate of drug-likeness (QED) is 0.484. The van der Waals surface area contributed by atoms with E-state index in [1.807, 2.05) is 30.3 Å². The molecule has 0 spiro atoms. The van der Waals surface area contributed by atoms with Crippen LogP contribution in [0.15, 0.2) is 41.5 Å². The van der Waals surface area contributed by atoms with E-state index in [0.29, 0.717) is 12.0 Å². The molecular formula is C17H20N2O2. The molecule has 2 aromatic rings. The topological polar surface area (TPSA) is 61.7 Å². The minimum atomic E-state index is -0.0978. The van der Waals surface area contributed by atoms with Gasteiger partial charge in [0.2, 0.25) is 5.91 Å². The smallest absolute Gasteiger partial charge is 0.240 e. The van der Waals surface area contributed by atoms with Gasteiger partial charge in [0.15, 0.2) is 0 Å². The summed E-state index contributed by atoms with van der Waals surface area (Å²) in [7, 11) is 0. The molecule has 0 aliphatic rings. The van der Waals surface area contributed by atoms with Gasteiger partial charge in [-0.3, -0.25) is 4.79 Å². The van der Waals surface area contributed by atoms with Crippen LogP contribution in [-0.4, -0.2) is 17.2 Å². The molecule has 2 N–H and O–H groups in total. The molecule has 0 saturated carbocycles. The Morgan fingerprint density at radius 2 is 2.05 bits per heavy atom. The molecule has 2 aromatic carbocycles. The number of amides is 1. The van der Waals surface area contributed by atoms with Crippen LogP contribution in [0.4, 0.5) is 0 Å². The fourth-order valence-electron chi connectivity index (χ4n) is 2.18. The number of phenolic OH excluding ortho intramolecular Hbond substituents is 1. The van der Waals surface area contributed by atoms with Gasteiger partial charge < -0.3 is 5.11 Å². The van der Waals surface area contributed by atoms with Crippen LogP contribution in [0, 0.1) is 0 Å². The number of rotatable bonds is 6. The number of unbranched alkanes of at least 4 members (excludes halogenated alkanes) is 2. The number of hydrogen-bond acceptors (Lipinski definition) is 3. The first-order valence-electron chi connectivity index (χ1n) is 7.25. The number of benzene rings is 2. The molecule has 0 heterocycles. The van der Waals surface area contributed by atoms with Gasteiger partial charge in [-0.2, -0.15) is 5.10 Å². The summed E-state index contributed by atoms with van der Waals surface area (Å²) in [6.45, 7) is 2.10. The molecule has 0 unspecified atom stereocenters. The van der Waals surface area contributed by atoms with E-state index in [4.69, 9.17) is 0 Å². The van der Waals surface area contributed by atoms with Crippen LogP contribution in [0.1, 0.15) is 38.2 Å². The van der Waals surface area contributed by atoms with Crippen LogP contribution >= 0.6 is 0 Å². The van der Waals surface area contributed by atoms with Gasteiger partial charge in [-0.15, -0.1) is 0 Å². The van der Waals surface area contributed by atoms with Crippen LogP contribution in [0.2, 0.25) is 0 Å². The largest absolute Gasteiger partial charge is 0.507 e. The van der Waals surface area contributed by atoms with Crippen LogP contribution in [-0.2, 0) is 4.79 Å². The van der Waals surface area contributed by atoms with E-state index >= 15 is 0 Å². The molecule has 0 radical (unpaired) electrons. The second kappa shape index (κ2) is 7.43. The lowest BCUT2D eigenvalue weighted by Crippen LogP contribution is -2.16. The summed E-state index contributed by atoms with van der Waals surface area (Å²) in [5.41, 5.74) is 3.11. The molecular weight excluding hydrogens is 264 g/mol. The zero-order valence-corrected chi connectivity index (χ0v) is 12.2. The lowest BCUT2D eigenvalue weighted by atomic mass is 10.0. The summed E-state index contributed by atoms with van der Waals surface area (Å²) in [6, 6.07) is 11.2. The summed E-state index contributed by atoms with van der Waals surface area (Å²) in [5, 5.41) is 15.8. The molecule has 0 fully saturated rings. The summed E-state index contributed by atoms with van der Waals surface area (Å²) >= 11 is 0. The molecule has 1 amide bonds. The molecule has 0 saturated heterocycles. The number of nitrogens with one attached hydrogen (secondary N) is 1. The zero-order chi connectivity index (χ0) is 15.1. The van der Waals surface area contributed by atoms with E-state index < -0.39 is 0 Å². The van der Waals surface area contributed by atoms with E-state index in [1.54, 1.807) is 6.07 Å². The minimum absolute atomic E-state index is 0.0978. The molecule has 0 bridgehead atoms. The lowest BCUT2D eigenvalue weighted by molar-refractivity contribution is -0.121. The van der Waals surface area contributed by atoms with Crippen molar-refractivity contribution < 1.29 is 9.90 Å². The van der Waals surface area contributed by atoms with Gasteiger partial charge in [-0.1, -0.05) is 50.1 Å². The maximum absolute atomic E-state index is 11.6. The average Bonchev–Trinajstić information content (AvgIpc) is 2.50. The maximum Gasteiger partial charge on any atom is 0.240 e. The Kier molecular flexibility index (Phi) is 5.32. The number of hydrazone groups is 1. The molecule has 21 heavy (non-hydrogen) atoms. The summed E-state index contributed by atoms with van der Waals surface area (Å²) < 4.78 is 0. The molecule has 0 atom stereocenters. The van der Waals surface area contributed by atoms with Crippen molar-refractivity contribution >= 4 is 22.9 Å². The first kappa shape index (κ1) is 15.0. The van der Waals surface area contributed by atoms with Gasteiger partial charge in [-0.05, 0) is 23.3 Å². The van der Waals surface area contributed by atoms with Crippen LogP contribution in [0.25, 0.3) is 10.8 Å². The van der Waals surface area contributed by atoms with Gasteiger partial charge in [0.25, 0.3) is 0 Å². The first-order chi connectivity index (χ1) is 10.2. The van der Waals surface area contributed by atoms with Gasteiger partial charge >= 0.3 is 0 Å². The predicted octanol–water partition coefficient (Wildman–Crippen LogP) is 3.58. The highest BCUT2D eigenvalue weighted by molar-refractivity contribution is 6.02. The molecule has 2 rings (SSSR count). The van der Waals surface area contributed by atoms with E-state index in [-0.39, 0.29) is 11.7 Å². The van der Waals surface area contributed by atoms with Crippen molar-refractivity contribution in [2.45, 2.75) is 32.6 Å². The van der Waals surface area contributed by atoms with Crippen LogP contribution in [0.5, 0.6) is 5.75 Å². The van der Waals surface area contributed by atoms with Crippen LogP contribution < -0.4 is 5.43 Å². The van der Waals surface area contributed by atoms with Crippen molar-refractivity contribution in [2.24, 2.45) is 5.10 Å². The number of aromatic hydroxyl groups is 1. The second-order valence-corrected chi connectivity index (χ2v) is 4.97. The number of phenols is 1. The Morgan fingerprint density at radius 1 is 1.24 bits per heavy atom. The Bertz CT molecular complexity index is 650. The summed E-state index contributed by atoms with van der Waals surface area (Å²) in [5.74, 6) is 0.0529. The van der Waals surface area contributed by atoms with E-state index in [1.165, 1.54) is 6.21 Å². The van der Waals surface area contributed by atoms with Crippen molar-refractivity contribution in [1.29, 1.82) is 0 Å². The Morgan fingerprint density at radius 3 is 2.86 bits per heavy atom. The van der Waals surface area contributed by atoms with Gasteiger partial charge in [-0.25, -0.2) is 5.43 Å². The number of fused-ring (bicyclic) bond motifs is 1. The highest BCUT2D eigenvalue weighted by Crippen LogP contribution is 2.25. The van der Waals surface area contributed by atoms with E-state index in [0.717, 1.165) is 30.0 Å². The fraction of sp³-hybridized carbons (Fsp3) is 0.294. The highest BCUT2D eigenvalue weighted by atomic mass is 16.3. The Labute approximate surface area is 124 Å². The van der Waals surface area contributed by atoms with Crippen molar-refractivity contribution in [1.82, 2.24) is 5.43 Å². The summed E-state index contributed by atoms with van der Waals surface area (Å²) in [6.07, 6.45) is 4.97. The first-order valence-corrected chi connectivity index (χ1v) is 7.25. The third-order valence-electron chi connectivity index (χ3n) is 3.34. The van der Waals surface area contributed by atoms with Crippen molar-refractivity contribution in [3.8, 4) is 5.75 Å². The highest BCUT2D eigenvalue weighted by Gasteiger charge is 2.04. The van der Waals surface area contributed by atoms with Gasteiger partial charge in [0.1, 0.15) is 5.75 Å². The van der Waals surface area contributed by atoms with Crippen molar-refractivity contribution in [2.75, 3.05) is 0 Å². The van der Waals surface area contributed by atoms with Crippen molar-refractivity contribution in [3.63, 3.8) is 0 Å².